The minimum atomic E-state index is -1.60. The van der Waals surface area contributed by atoms with Crippen molar-refractivity contribution in [2.45, 2.75) is 44.2 Å². The Bertz CT molecular complexity index is 1750. The molecule has 5 rings (SSSR count). The van der Waals surface area contributed by atoms with E-state index in [-0.39, 0.29) is 42.7 Å². The van der Waals surface area contributed by atoms with Crippen LogP contribution in [0.3, 0.4) is 0 Å². The van der Waals surface area contributed by atoms with Gasteiger partial charge in [0.1, 0.15) is 24.7 Å². The average molecular weight is 722 g/mol. The van der Waals surface area contributed by atoms with Crippen LogP contribution in [-0.4, -0.2) is 89.7 Å². The number of nitrogens with one attached hydrogen (secondary N) is 1. The summed E-state index contributed by atoms with van der Waals surface area (Å²) in [4.78, 5) is 60.8. The predicted molar refractivity (Wildman–Crippen MR) is 179 cm³/mol. The topological polar surface area (TPSA) is 224 Å². The molecule has 0 bridgehead atoms. The van der Waals surface area contributed by atoms with Gasteiger partial charge in [-0.05, 0) is 40.3 Å². The highest BCUT2D eigenvalue weighted by molar-refractivity contribution is 5.79. The third-order valence-electron chi connectivity index (χ3n) is 9.22. The summed E-state index contributed by atoms with van der Waals surface area (Å²) >= 11 is 0. The van der Waals surface area contributed by atoms with E-state index in [9.17, 15) is 44.4 Å². The van der Waals surface area contributed by atoms with Crippen molar-refractivity contribution < 1.29 is 68.1 Å². The number of amides is 1. The fourth-order valence-corrected chi connectivity index (χ4v) is 6.93. The highest BCUT2D eigenvalue weighted by atomic mass is 16.7. The summed E-state index contributed by atoms with van der Waals surface area (Å²) in [7, 11) is 1.04. The number of rotatable bonds is 16. The van der Waals surface area contributed by atoms with Gasteiger partial charge in [-0.15, -0.1) is 0 Å². The fourth-order valence-electron chi connectivity index (χ4n) is 6.93. The lowest BCUT2D eigenvalue weighted by Crippen LogP contribution is -2.54. The number of methoxy groups -OCH3 is 1. The Morgan fingerprint density at radius 1 is 0.788 bits per heavy atom. The molecule has 52 heavy (non-hydrogen) atoms. The lowest BCUT2D eigenvalue weighted by molar-refractivity contribution is -0.233. The number of ether oxygens (including phenoxy) is 5. The van der Waals surface area contributed by atoms with Crippen molar-refractivity contribution in [2.75, 3.05) is 26.9 Å². The Balaban J connectivity index is 1.24. The van der Waals surface area contributed by atoms with Gasteiger partial charge in [0.05, 0.1) is 33.1 Å². The number of aliphatic hydroxyl groups is 1. The van der Waals surface area contributed by atoms with E-state index in [1.165, 1.54) is 18.2 Å². The Morgan fingerprint density at radius 3 is 1.98 bits per heavy atom. The van der Waals surface area contributed by atoms with Gasteiger partial charge in [-0.2, -0.15) is 0 Å². The van der Waals surface area contributed by atoms with E-state index in [1.807, 2.05) is 48.5 Å². The van der Waals surface area contributed by atoms with Gasteiger partial charge < -0.3 is 49.4 Å². The van der Waals surface area contributed by atoms with Crippen LogP contribution in [0.1, 0.15) is 41.9 Å². The largest absolute Gasteiger partial charge is 0.492 e. The number of alkyl carbamates (subject to hydrolysis) is 1. The summed E-state index contributed by atoms with van der Waals surface area (Å²) in [6.45, 7) is -0.345. The number of carboxylic acid groups (broad SMARTS) is 3. The van der Waals surface area contributed by atoms with E-state index in [1.54, 1.807) is 0 Å². The molecule has 15 heteroatoms. The first kappa shape index (κ1) is 37.6. The van der Waals surface area contributed by atoms with Crippen LogP contribution in [0.15, 0.2) is 66.7 Å². The molecule has 1 fully saturated rings. The van der Waals surface area contributed by atoms with Crippen molar-refractivity contribution >= 4 is 30.0 Å². The summed E-state index contributed by atoms with van der Waals surface area (Å²) < 4.78 is 28.0. The molecule has 1 amide bonds. The van der Waals surface area contributed by atoms with Gasteiger partial charge in [-0.1, -0.05) is 48.5 Å². The van der Waals surface area contributed by atoms with Crippen LogP contribution >= 0.6 is 0 Å². The molecule has 1 aliphatic heterocycles. The molecular formula is C37H39NO14. The smallest absolute Gasteiger partial charge is 0.407 e. The second kappa shape index (κ2) is 17.0. The molecule has 0 saturated carbocycles. The molecule has 0 aromatic heterocycles. The number of aliphatic hydroxyl groups excluding tert-OH is 1. The predicted octanol–water partition coefficient (Wildman–Crippen LogP) is 3.65. The Labute approximate surface area is 298 Å². The molecule has 0 spiro atoms. The third-order valence-corrected chi connectivity index (χ3v) is 9.22. The molecular weight excluding hydrogens is 682 g/mol. The highest BCUT2D eigenvalue weighted by Gasteiger charge is 2.52. The lowest BCUT2D eigenvalue weighted by Gasteiger charge is -2.44. The van der Waals surface area contributed by atoms with Crippen molar-refractivity contribution in [2.24, 2.45) is 17.8 Å². The zero-order valence-electron chi connectivity index (χ0n) is 28.1. The Morgan fingerprint density at radius 2 is 1.38 bits per heavy atom. The number of esters is 1. The van der Waals surface area contributed by atoms with Gasteiger partial charge in [-0.3, -0.25) is 14.4 Å². The number of carbonyl (C=O) groups excluding carboxylic acids is 2. The average Bonchev–Trinajstić information content (AvgIpc) is 3.44. The monoisotopic (exact) mass is 721 g/mol. The second-order valence-corrected chi connectivity index (χ2v) is 12.4. The van der Waals surface area contributed by atoms with Gasteiger partial charge >= 0.3 is 30.0 Å². The van der Waals surface area contributed by atoms with E-state index in [2.05, 4.69) is 5.32 Å². The number of hydrogen-bond donors (Lipinski definition) is 5. The molecule has 15 nitrogen and oxygen atoms in total. The van der Waals surface area contributed by atoms with Gasteiger partial charge in [0.2, 0.25) is 6.29 Å². The lowest BCUT2D eigenvalue weighted by atomic mass is 9.71. The maximum absolute atomic E-state index is 12.7. The van der Waals surface area contributed by atoms with Gasteiger partial charge in [-0.25, -0.2) is 9.59 Å². The zero-order chi connectivity index (χ0) is 37.4. The third kappa shape index (κ3) is 8.79. The van der Waals surface area contributed by atoms with E-state index in [0.29, 0.717) is 0 Å². The standard InChI is InChI=1S/C37H39NO14/c1-48-35(46)34-27(16-32(42)43)26(15-31(40)41)28(17-33(44)45)36(52-34)51-30-14-21(11-10-20(30)18-39)49-13-12-38-37(47)50-19-29-24-8-4-2-6-22(24)23-7-3-5-9-25(23)29/h2-11,14,26-29,34,36,39H,12-13,15-19H2,1H3,(H,38,47)(H,40,41)(H,42,43)(H,44,45)/t26-,27-,28+,34-,36+/m0/s1. The van der Waals surface area contributed by atoms with Crippen LogP contribution in [0, 0.1) is 17.8 Å². The maximum Gasteiger partial charge on any atom is 0.407 e. The van der Waals surface area contributed by atoms with Gasteiger partial charge in [0.25, 0.3) is 0 Å². The molecule has 0 radical (unpaired) electrons. The minimum absolute atomic E-state index is 0.00829. The molecule has 1 saturated heterocycles. The summed E-state index contributed by atoms with van der Waals surface area (Å²) in [6, 6.07) is 20.3. The van der Waals surface area contributed by atoms with Crippen molar-refractivity contribution in [3.8, 4) is 22.6 Å². The first-order valence-electron chi connectivity index (χ1n) is 16.5. The number of aliphatic carboxylic acids is 3. The zero-order valence-corrected chi connectivity index (χ0v) is 28.1. The number of carbonyl (C=O) groups is 5. The molecule has 5 N–H and O–H groups in total. The molecule has 1 aliphatic carbocycles. The summed E-state index contributed by atoms with van der Waals surface area (Å²) in [6.07, 6.45) is -5.86. The van der Waals surface area contributed by atoms with Crippen LogP contribution < -0.4 is 14.8 Å². The highest BCUT2D eigenvalue weighted by Crippen LogP contribution is 2.45. The number of carboxylic acids is 3. The van der Waals surface area contributed by atoms with Crippen molar-refractivity contribution in [1.29, 1.82) is 0 Å². The number of benzene rings is 3. The van der Waals surface area contributed by atoms with E-state index >= 15 is 0 Å². The quantitative estimate of drug-likeness (QED) is 0.105. The van der Waals surface area contributed by atoms with Crippen LogP contribution in [0.25, 0.3) is 11.1 Å². The van der Waals surface area contributed by atoms with E-state index in [4.69, 9.17) is 23.7 Å². The Hall–Kier alpha value is -5.67. The van der Waals surface area contributed by atoms with E-state index in [0.717, 1.165) is 29.4 Å². The normalized spacial score (nSPS) is 20.5. The molecule has 276 valence electrons. The fraction of sp³-hybridized carbons (Fsp3) is 0.378. The van der Waals surface area contributed by atoms with E-state index < -0.39 is 86.0 Å². The molecule has 2 aliphatic rings. The SMILES string of the molecule is COC(=O)[C@H]1O[C@@H](Oc2cc(OCCNC(=O)OCC3c4ccccc4-c4ccccc43)ccc2CO)[C@H](CC(=O)O)[C@@H](CC(=O)O)[C@@H]1CC(=O)O. The van der Waals surface area contributed by atoms with Crippen LogP contribution in [0.5, 0.6) is 11.5 Å². The van der Waals surface area contributed by atoms with Gasteiger partial charge in [0.15, 0.2) is 6.10 Å². The molecule has 3 aromatic carbocycles. The van der Waals surface area contributed by atoms with Crippen molar-refractivity contribution in [3.63, 3.8) is 0 Å². The summed E-state index contributed by atoms with van der Waals surface area (Å²) in [5.41, 5.74) is 4.59. The molecule has 1 heterocycles. The van der Waals surface area contributed by atoms with Crippen LogP contribution in [0.2, 0.25) is 0 Å². The molecule has 0 unspecified atom stereocenters. The first-order valence-corrected chi connectivity index (χ1v) is 16.5. The minimum Gasteiger partial charge on any atom is -0.492 e. The van der Waals surface area contributed by atoms with Crippen molar-refractivity contribution in [3.05, 3.63) is 83.4 Å². The van der Waals surface area contributed by atoms with Gasteiger partial charge in [0, 0.05) is 35.8 Å². The van der Waals surface area contributed by atoms with Crippen LogP contribution in [0.4, 0.5) is 4.79 Å². The molecule has 5 atom stereocenters. The van der Waals surface area contributed by atoms with Crippen LogP contribution in [-0.2, 0) is 40.0 Å². The Kier molecular flexibility index (Phi) is 12.3. The maximum atomic E-state index is 12.7. The summed E-state index contributed by atoms with van der Waals surface area (Å²) in [5, 5.41) is 41.6. The first-order chi connectivity index (χ1) is 25.0. The summed E-state index contributed by atoms with van der Waals surface area (Å²) in [5.74, 6) is -8.61. The second-order valence-electron chi connectivity index (χ2n) is 12.4. The van der Waals surface area contributed by atoms with Crippen molar-refractivity contribution in [1.82, 2.24) is 5.32 Å². The number of hydrogen-bond acceptors (Lipinski definition) is 11. The number of fused-ring (bicyclic) bond motifs is 3. The molecule has 3 aromatic rings.